The number of carboxylic acid groups (broad SMARTS) is 1. The van der Waals surface area contributed by atoms with Crippen LogP contribution in [0.4, 0.5) is 16.3 Å². The van der Waals surface area contributed by atoms with Gasteiger partial charge in [-0.25, -0.2) is 9.78 Å². The molecule has 8 heteroatoms. The first-order chi connectivity index (χ1) is 15.3. The van der Waals surface area contributed by atoms with E-state index in [1.54, 1.807) is 6.20 Å². The van der Waals surface area contributed by atoms with E-state index < -0.39 is 6.09 Å². The Labute approximate surface area is 189 Å². The lowest BCUT2D eigenvalue weighted by molar-refractivity contribution is -0.139. The van der Waals surface area contributed by atoms with Crippen LogP contribution in [0.15, 0.2) is 12.3 Å². The number of aliphatic hydroxyl groups is 1. The van der Waals surface area contributed by atoms with Crippen LogP contribution in [0, 0.1) is 24.7 Å². The summed E-state index contributed by atoms with van der Waals surface area (Å²) in [6, 6.07) is 2.14. The number of nitrogens with zero attached hydrogens (tertiary/aromatic N) is 4. The SMILES string of the molecule is C#CCN(C(=O)O)c1cnc(N2CCC[C@]3(CCN([C@H]4CC[C@H](O)CC4)C3=O)C2)cc1C. The molecule has 1 spiro atoms. The van der Waals surface area contributed by atoms with Crippen molar-refractivity contribution in [1.29, 1.82) is 0 Å². The summed E-state index contributed by atoms with van der Waals surface area (Å²) in [4.78, 5) is 35.0. The van der Waals surface area contributed by atoms with Crippen LogP contribution >= 0.6 is 0 Å². The van der Waals surface area contributed by atoms with Crippen LogP contribution < -0.4 is 9.80 Å². The monoisotopic (exact) mass is 440 g/mol. The summed E-state index contributed by atoms with van der Waals surface area (Å²) >= 11 is 0. The average molecular weight is 441 g/mol. The minimum absolute atomic E-state index is 0.0352. The molecule has 2 amide bonds. The zero-order valence-corrected chi connectivity index (χ0v) is 18.7. The molecule has 1 atom stereocenters. The molecule has 4 rings (SSSR count). The van der Waals surface area contributed by atoms with Crippen molar-refractivity contribution in [3.63, 3.8) is 0 Å². The highest BCUT2D eigenvalue weighted by Gasteiger charge is 2.50. The third kappa shape index (κ3) is 4.14. The Morgan fingerprint density at radius 3 is 2.72 bits per heavy atom. The van der Waals surface area contributed by atoms with Gasteiger partial charge in [0, 0.05) is 25.7 Å². The van der Waals surface area contributed by atoms with Crippen LogP contribution in [0.2, 0.25) is 0 Å². The summed E-state index contributed by atoms with van der Waals surface area (Å²) < 4.78 is 0. The fraction of sp³-hybridized carbons (Fsp3) is 0.625. The van der Waals surface area contributed by atoms with Gasteiger partial charge in [-0.15, -0.1) is 6.42 Å². The van der Waals surface area contributed by atoms with Crippen molar-refractivity contribution in [3.8, 4) is 12.3 Å². The first-order valence-corrected chi connectivity index (χ1v) is 11.5. The van der Waals surface area contributed by atoms with Crippen LogP contribution in [-0.4, -0.2) is 70.4 Å². The van der Waals surface area contributed by atoms with Crippen molar-refractivity contribution in [2.45, 2.75) is 64.0 Å². The number of rotatable bonds is 4. The first-order valence-electron chi connectivity index (χ1n) is 11.5. The van der Waals surface area contributed by atoms with E-state index >= 15 is 0 Å². The number of hydrogen-bond acceptors (Lipinski definition) is 5. The van der Waals surface area contributed by atoms with Gasteiger partial charge >= 0.3 is 6.09 Å². The summed E-state index contributed by atoms with van der Waals surface area (Å²) in [6.07, 6.45) is 11.5. The maximum absolute atomic E-state index is 13.5. The molecule has 0 aromatic carbocycles. The van der Waals surface area contributed by atoms with Crippen LogP contribution in [0.3, 0.4) is 0 Å². The van der Waals surface area contributed by atoms with Crippen molar-refractivity contribution >= 4 is 23.5 Å². The minimum atomic E-state index is -1.11. The van der Waals surface area contributed by atoms with Crippen molar-refractivity contribution in [1.82, 2.24) is 9.88 Å². The third-order valence-electron chi connectivity index (χ3n) is 7.39. The Morgan fingerprint density at radius 2 is 2.06 bits per heavy atom. The van der Waals surface area contributed by atoms with Crippen LogP contribution in [0.1, 0.15) is 50.5 Å². The first kappa shape index (κ1) is 22.4. The number of likely N-dealkylation sites (tertiary alicyclic amines) is 1. The van der Waals surface area contributed by atoms with Gasteiger partial charge < -0.3 is 20.0 Å². The standard InChI is InChI=1S/C24H32N4O4/c1-3-11-28(23(31)32)20-15-25-21(14-17(20)2)26-12-4-9-24(16-26)10-13-27(22(24)30)18-5-7-19(29)8-6-18/h1,14-15,18-19,29H,4-13,16H2,2H3,(H,31,32)/t18-,19-,24-/m0/s1. The molecule has 1 aromatic rings. The molecule has 2 N–H and O–H groups in total. The average Bonchev–Trinajstić information content (AvgIpc) is 3.08. The normalized spacial score (nSPS) is 28.1. The molecule has 1 saturated carbocycles. The zero-order chi connectivity index (χ0) is 22.9. The summed E-state index contributed by atoms with van der Waals surface area (Å²) in [5, 5.41) is 19.3. The van der Waals surface area contributed by atoms with E-state index in [0.717, 1.165) is 74.3 Å². The van der Waals surface area contributed by atoms with Gasteiger partial charge in [0.25, 0.3) is 0 Å². The zero-order valence-electron chi connectivity index (χ0n) is 18.7. The van der Waals surface area contributed by atoms with E-state index in [9.17, 15) is 19.8 Å². The van der Waals surface area contributed by atoms with Gasteiger partial charge in [0.15, 0.2) is 0 Å². The molecular formula is C24H32N4O4. The Bertz CT molecular complexity index is 921. The number of carbonyl (C=O) groups excluding carboxylic acids is 1. The van der Waals surface area contributed by atoms with Gasteiger partial charge in [-0.1, -0.05) is 5.92 Å². The van der Waals surface area contributed by atoms with Gasteiger partial charge in [-0.05, 0) is 63.5 Å². The van der Waals surface area contributed by atoms with Gasteiger partial charge in [-0.3, -0.25) is 9.69 Å². The lowest BCUT2D eigenvalue weighted by Crippen LogP contribution is -2.50. The number of aromatic nitrogens is 1. The number of piperidine rings is 1. The van der Waals surface area contributed by atoms with E-state index in [0.29, 0.717) is 12.2 Å². The summed E-state index contributed by atoms with van der Waals surface area (Å²) in [5.74, 6) is 3.39. The molecule has 1 aromatic heterocycles. The van der Waals surface area contributed by atoms with Gasteiger partial charge in [0.2, 0.25) is 5.91 Å². The number of pyridine rings is 1. The third-order valence-corrected chi connectivity index (χ3v) is 7.39. The number of amides is 2. The minimum Gasteiger partial charge on any atom is -0.465 e. The van der Waals surface area contributed by atoms with E-state index in [1.165, 1.54) is 0 Å². The number of anilines is 2. The Hall–Kier alpha value is -2.79. The fourth-order valence-electron chi connectivity index (χ4n) is 5.61. The molecule has 32 heavy (non-hydrogen) atoms. The van der Waals surface area contributed by atoms with Crippen molar-refractivity contribution in [2.24, 2.45) is 5.41 Å². The smallest absolute Gasteiger partial charge is 0.412 e. The van der Waals surface area contributed by atoms with Crippen molar-refractivity contribution in [2.75, 3.05) is 36.0 Å². The second-order valence-electron chi connectivity index (χ2n) is 9.42. The van der Waals surface area contributed by atoms with Crippen LogP contribution in [-0.2, 0) is 4.79 Å². The lowest BCUT2D eigenvalue weighted by atomic mass is 9.78. The molecule has 3 heterocycles. The van der Waals surface area contributed by atoms with Crippen LogP contribution in [0.5, 0.6) is 0 Å². The molecule has 2 saturated heterocycles. The Kier molecular flexibility index (Phi) is 6.29. The molecule has 3 aliphatic rings. The molecule has 3 fully saturated rings. The highest BCUT2D eigenvalue weighted by Crippen LogP contribution is 2.43. The summed E-state index contributed by atoms with van der Waals surface area (Å²) in [6.45, 7) is 4.07. The van der Waals surface area contributed by atoms with Crippen molar-refractivity contribution < 1.29 is 19.8 Å². The Balaban J connectivity index is 1.50. The quantitative estimate of drug-likeness (QED) is 0.699. The fourth-order valence-corrected chi connectivity index (χ4v) is 5.61. The molecule has 0 radical (unpaired) electrons. The van der Waals surface area contributed by atoms with Crippen molar-refractivity contribution in [3.05, 3.63) is 17.8 Å². The number of hydrogen-bond donors (Lipinski definition) is 2. The molecule has 172 valence electrons. The predicted octanol–water partition coefficient (Wildman–Crippen LogP) is 2.63. The summed E-state index contributed by atoms with van der Waals surface area (Å²) in [5.41, 5.74) is 0.889. The maximum atomic E-state index is 13.5. The summed E-state index contributed by atoms with van der Waals surface area (Å²) in [7, 11) is 0. The maximum Gasteiger partial charge on any atom is 0.412 e. The number of aliphatic hydroxyl groups excluding tert-OH is 1. The molecule has 0 bridgehead atoms. The number of aryl methyl sites for hydroxylation is 1. The molecule has 0 unspecified atom stereocenters. The number of terminal acetylenes is 1. The molecule has 1 aliphatic carbocycles. The van der Waals surface area contributed by atoms with Gasteiger partial charge in [0.1, 0.15) is 5.82 Å². The van der Waals surface area contributed by atoms with Gasteiger partial charge in [0.05, 0.1) is 29.9 Å². The highest BCUT2D eigenvalue weighted by atomic mass is 16.4. The largest absolute Gasteiger partial charge is 0.465 e. The second-order valence-corrected chi connectivity index (χ2v) is 9.42. The molecule has 8 nitrogen and oxygen atoms in total. The van der Waals surface area contributed by atoms with E-state index in [2.05, 4.69) is 20.7 Å². The molecule has 2 aliphatic heterocycles. The lowest BCUT2D eigenvalue weighted by Gasteiger charge is -2.41. The highest BCUT2D eigenvalue weighted by molar-refractivity contribution is 5.88. The Morgan fingerprint density at radius 1 is 1.31 bits per heavy atom. The van der Waals surface area contributed by atoms with E-state index in [1.807, 2.05) is 13.0 Å². The van der Waals surface area contributed by atoms with E-state index in [-0.39, 0.29) is 30.0 Å². The van der Waals surface area contributed by atoms with Crippen LogP contribution in [0.25, 0.3) is 0 Å². The second kappa shape index (κ2) is 8.99. The molecular weight excluding hydrogens is 408 g/mol. The van der Waals surface area contributed by atoms with Gasteiger partial charge in [-0.2, -0.15) is 0 Å². The predicted molar refractivity (Wildman–Crippen MR) is 122 cm³/mol. The number of carbonyl (C=O) groups is 2. The topological polar surface area (TPSA) is 97.2 Å². The van der Waals surface area contributed by atoms with E-state index in [4.69, 9.17) is 6.42 Å².